The highest BCUT2D eigenvalue weighted by Crippen LogP contribution is 2.22. The quantitative estimate of drug-likeness (QED) is 0.798. The molecule has 0 aromatic carbocycles. The van der Waals surface area contributed by atoms with Gasteiger partial charge in [0, 0.05) is 12.6 Å². The van der Waals surface area contributed by atoms with Gasteiger partial charge in [-0.25, -0.2) is 8.42 Å². The van der Waals surface area contributed by atoms with Gasteiger partial charge in [0.05, 0.1) is 11.5 Å². The minimum Gasteiger partial charge on any atom is -0.330 e. The second-order valence-electron chi connectivity index (χ2n) is 5.84. The number of nitrogens with zero attached hydrogens (tertiary/aromatic N) is 1. The Bertz CT molecular complexity index is 338. The normalized spacial score (nSPS) is 25.1. The van der Waals surface area contributed by atoms with E-state index in [0.29, 0.717) is 18.1 Å². The minimum absolute atomic E-state index is 0.0528. The van der Waals surface area contributed by atoms with Crippen molar-refractivity contribution in [2.75, 3.05) is 31.1 Å². The second kappa shape index (κ2) is 5.67. The van der Waals surface area contributed by atoms with Gasteiger partial charge in [-0.3, -0.25) is 4.90 Å². The van der Waals surface area contributed by atoms with E-state index >= 15 is 0 Å². The van der Waals surface area contributed by atoms with Crippen molar-refractivity contribution in [3.8, 4) is 0 Å². The zero-order valence-electron chi connectivity index (χ0n) is 11.3. The fraction of sp³-hybridized carbons (Fsp3) is 1.00. The third-order valence-corrected chi connectivity index (χ3v) is 5.35. The lowest BCUT2D eigenvalue weighted by Gasteiger charge is -2.38. The van der Waals surface area contributed by atoms with Crippen molar-refractivity contribution in [2.24, 2.45) is 11.1 Å². The molecule has 0 bridgehead atoms. The van der Waals surface area contributed by atoms with Crippen LogP contribution in [0, 0.1) is 5.41 Å². The molecule has 0 amide bonds. The van der Waals surface area contributed by atoms with Crippen LogP contribution in [0.1, 0.15) is 33.6 Å². The number of rotatable bonds is 5. The third-order valence-electron chi connectivity index (χ3n) is 3.55. The Kier molecular flexibility index (Phi) is 4.98. The van der Waals surface area contributed by atoms with Crippen LogP contribution in [0.15, 0.2) is 0 Å². The van der Waals surface area contributed by atoms with Gasteiger partial charge in [0.1, 0.15) is 0 Å². The Morgan fingerprint density at radius 1 is 1.41 bits per heavy atom. The van der Waals surface area contributed by atoms with Crippen LogP contribution in [0.3, 0.4) is 0 Å². The second-order valence-corrected chi connectivity index (χ2v) is 8.07. The van der Waals surface area contributed by atoms with Gasteiger partial charge in [0.15, 0.2) is 9.84 Å². The fourth-order valence-electron chi connectivity index (χ4n) is 2.40. The highest BCUT2D eigenvalue weighted by molar-refractivity contribution is 7.91. The van der Waals surface area contributed by atoms with Gasteiger partial charge >= 0.3 is 0 Å². The molecular weight excluding hydrogens is 236 g/mol. The molecule has 0 spiro atoms. The first-order chi connectivity index (χ1) is 7.79. The monoisotopic (exact) mass is 262 g/mol. The van der Waals surface area contributed by atoms with Crippen LogP contribution in [0.25, 0.3) is 0 Å². The highest BCUT2D eigenvalue weighted by atomic mass is 32.2. The number of sulfone groups is 1. The summed E-state index contributed by atoms with van der Waals surface area (Å²) in [7, 11) is -2.82. The molecule has 0 saturated carbocycles. The molecule has 4 nitrogen and oxygen atoms in total. The van der Waals surface area contributed by atoms with Crippen molar-refractivity contribution < 1.29 is 8.42 Å². The molecule has 17 heavy (non-hydrogen) atoms. The van der Waals surface area contributed by atoms with Gasteiger partial charge in [-0.05, 0) is 31.3 Å². The summed E-state index contributed by atoms with van der Waals surface area (Å²) in [5.41, 5.74) is 5.80. The largest absolute Gasteiger partial charge is 0.330 e. The summed E-state index contributed by atoms with van der Waals surface area (Å²) >= 11 is 0. The zero-order valence-corrected chi connectivity index (χ0v) is 12.1. The average molecular weight is 262 g/mol. The lowest BCUT2D eigenvalue weighted by molar-refractivity contribution is 0.140. The van der Waals surface area contributed by atoms with E-state index in [0.717, 1.165) is 25.9 Å². The molecule has 1 aliphatic rings. The maximum absolute atomic E-state index is 11.7. The SMILES string of the molecule is CCN(CC(C)(C)CN)C1CCCS(=O)(=O)C1. The summed E-state index contributed by atoms with van der Waals surface area (Å²) in [5.74, 6) is 0.683. The first-order valence-corrected chi connectivity index (χ1v) is 8.26. The molecule has 1 atom stereocenters. The van der Waals surface area contributed by atoms with E-state index in [1.165, 1.54) is 0 Å². The van der Waals surface area contributed by atoms with Crippen molar-refractivity contribution in [1.29, 1.82) is 0 Å². The van der Waals surface area contributed by atoms with Crippen molar-refractivity contribution in [3.63, 3.8) is 0 Å². The first kappa shape index (κ1) is 14.9. The average Bonchev–Trinajstić information content (AvgIpc) is 2.24. The van der Waals surface area contributed by atoms with E-state index in [9.17, 15) is 8.42 Å². The molecule has 2 N–H and O–H groups in total. The van der Waals surface area contributed by atoms with Crippen LogP contribution in [0.4, 0.5) is 0 Å². The van der Waals surface area contributed by atoms with Gasteiger partial charge in [0.2, 0.25) is 0 Å². The van der Waals surface area contributed by atoms with Crippen LogP contribution < -0.4 is 5.73 Å². The number of hydrogen-bond donors (Lipinski definition) is 1. The van der Waals surface area contributed by atoms with Gasteiger partial charge in [0.25, 0.3) is 0 Å². The molecular formula is C12H26N2O2S. The molecule has 0 radical (unpaired) electrons. The Hall–Kier alpha value is -0.130. The summed E-state index contributed by atoms with van der Waals surface area (Å²) in [6.45, 7) is 8.75. The molecule has 102 valence electrons. The van der Waals surface area contributed by atoms with Crippen molar-refractivity contribution >= 4 is 9.84 Å². The maximum atomic E-state index is 11.7. The number of hydrogen-bond acceptors (Lipinski definition) is 4. The van der Waals surface area contributed by atoms with E-state index in [1.807, 2.05) is 0 Å². The third kappa shape index (κ3) is 4.56. The van der Waals surface area contributed by atoms with E-state index in [-0.39, 0.29) is 11.5 Å². The first-order valence-electron chi connectivity index (χ1n) is 6.44. The summed E-state index contributed by atoms with van der Waals surface area (Å²) in [4.78, 5) is 2.28. The summed E-state index contributed by atoms with van der Waals surface area (Å²) in [5, 5.41) is 0. The predicted octanol–water partition coefficient (Wildman–Crippen LogP) is 0.870. The number of nitrogens with two attached hydrogens (primary N) is 1. The Balaban J connectivity index is 2.67. The van der Waals surface area contributed by atoms with Crippen LogP contribution >= 0.6 is 0 Å². The van der Waals surface area contributed by atoms with Gasteiger partial charge < -0.3 is 5.73 Å². The lowest BCUT2D eigenvalue weighted by Crippen LogP contribution is -2.48. The Labute approximate surface area is 105 Å². The molecule has 1 fully saturated rings. The van der Waals surface area contributed by atoms with Crippen molar-refractivity contribution in [2.45, 2.75) is 39.7 Å². The standard InChI is InChI=1S/C12H26N2O2S/c1-4-14(10-12(2,3)9-13)11-6-5-7-17(15,16)8-11/h11H,4-10,13H2,1-3H3. The Morgan fingerprint density at radius 3 is 2.53 bits per heavy atom. The van der Waals surface area contributed by atoms with E-state index in [1.54, 1.807) is 0 Å². The summed E-state index contributed by atoms with van der Waals surface area (Å²) < 4.78 is 23.3. The molecule has 5 heteroatoms. The van der Waals surface area contributed by atoms with Crippen molar-refractivity contribution in [1.82, 2.24) is 4.90 Å². The lowest BCUT2D eigenvalue weighted by atomic mass is 9.92. The molecule has 1 saturated heterocycles. The molecule has 1 aliphatic heterocycles. The Morgan fingerprint density at radius 2 is 2.06 bits per heavy atom. The molecule has 0 aromatic rings. The molecule has 1 rings (SSSR count). The van der Waals surface area contributed by atoms with Gasteiger partial charge in [-0.15, -0.1) is 0 Å². The minimum atomic E-state index is -2.82. The van der Waals surface area contributed by atoms with E-state index in [2.05, 4.69) is 25.7 Å². The molecule has 1 unspecified atom stereocenters. The molecule has 1 heterocycles. The van der Waals surface area contributed by atoms with Gasteiger partial charge in [-0.2, -0.15) is 0 Å². The van der Waals surface area contributed by atoms with Crippen LogP contribution in [0.2, 0.25) is 0 Å². The topological polar surface area (TPSA) is 63.4 Å². The highest BCUT2D eigenvalue weighted by Gasteiger charge is 2.31. The van der Waals surface area contributed by atoms with Crippen LogP contribution in [0.5, 0.6) is 0 Å². The zero-order chi connectivity index (χ0) is 13.1. The summed E-state index contributed by atoms with van der Waals surface area (Å²) in [6, 6.07) is 0.185. The maximum Gasteiger partial charge on any atom is 0.151 e. The van der Waals surface area contributed by atoms with Crippen LogP contribution in [-0.4, -0.2) is 50.5 Å². The van der Waals surface area contributed by atoms with Crippen molar-refractivity contribution in [3.05, 3.63) is 0 Å². The molecule has 0 aromatic heterocycles. The van der Waals surface area contributed by atoms with E-state index < -0.39 is 9.84 Å². The summed E-state index contributed by atoms with van der Waals surface area (Å²) in [6.07, 6.45) is 1.79. The molecule has 0 aliphatic carbocycles. The van der Waals surface area contributed by atoms with Crippen LogP contribution in [-0.2, 0) is 9.84 Å². The smallest absolute Gasteiger partial charge is 0.151 e. The predicted molar refractivity (Wildman–Crippen MR) is 71.8 cm³/mol. The fourth-order valence-corrected chi connectivity index (χ4v) is 4.14. The van der Waals surface area contributed by atoms with E-state index in [4.69, 9.17) is 5.73 Å². The van der Waals surface area contributed by atoms with Gasteiger partial charge in [-0.1, -0.05) is 20.8 Å².